The molecule has 78 valence electrons. The fraction of sp³-hybridized carbons (Fsp3) is 0.500. The maximum atomic E-state index is 11.3. The van der Waals surface area contributed by atoms with Crippen LogP contribution in [0.3, 0.4) is 0 Å². The van der Waals surface area contributed by atoms with Crippen LogP contribution in [0.1, 0.15) is 25.7 Å². The van der Waals surface area contributed by atoms with Crippen LogP contribution in [0.4, 0.5) is 0 Å². The van der Waals surface area contributed by atoms with Crippen LogP contribution < -0.4 is 0 Å². The summed E-state index contributed by atoms with van der Waals surface area (Å²) < 4.78 is 9.61. The smallest absolute Gasteiger partial charge is 0.314 e. The minimum atomic E-state index is -1.01. The third-order valence-electron chi connectivity index (χ3n) is 2.21. The minimum absolute atomic E-state index is 0.361. The van der Waals surface area contributed by atoms with Crippen LogP contribution in [0, 0.1) is 5.41 Å². The van der Waals surface area contributed by atoms with E-state index >= 15 is 0 Å². The highest BCUT2D eigenvalue weighted by Gasteiger charge is 2.39. The first-order valence-corrected chi connectivity index (χ1v) is 4.30. The standard InChI is InChI=1S/C10H14O4/c1-10(2,9(12)13-3)8(11)7-5-4-6-14-7/h4-6,8,11H,1-3H3/t8-/m0/s1. The van der Waals surface area contributed by atoms with Crippen molar-refractivity contribution < 1.29 is 19.1 Å². The average molecular weight is 198 g/mol. The van der Waals surface area contributed by atoms with Crippen molar-refractivity contribution in [3.8, 4) is 0 Å². The third-order valence-corrected chi connectivity index (χ3v) is 2.21. The Hall–Kier alpha value is -1.29. The molecule has 1 aromatic rings. The predicted molar refractivity (Wildman–Crippen MR) is 49.5 cm³/mol. The minimum Gasteiger partial charge on any atom is -0.469 e. The monoisotopic (exact) mass is 198 g/mol. The van der Waals surface area contributed by atoms with E-state index in [1.165, 1.54) is 13.4 Å². The van der Waals surface area contributed by atoms with Crippen molar-refractivity contribution in [1.82, 2.24) is 0 Å². The van der Waals surface area contributed by atoms with Gasteiger partial charge in [-0.1, -0.05) is 0 Å². The van der Waals surface area contributed by atoms with Crippen molar-refractivity contribution in [3.63, 3.8) is 0 Å². The summed E-state index contributed by atoms with van der Waals surface area (Å²) in [7, 11) is 1.29. The molecule has 1 N–H and O–H groups in total. The summed E-state index contributed by atoms with van der Waals surface area (Å²) in [6.07, 6.45) is 0.455. The second-order valence-electron chi connectivity index (χ2n) is 3.63. The van der Waals surface area contributed by atoms with Gasteiger partial charge in [0.05, 0.1) is 18.8 Å². The van der Waals surface area contributed by atoms with Crippen molar-refractivity contribution in [3.05, 3.63) is 24.2 Å². The van der Waals surface area contributed by atoms with Crippen LogP contribution >= 0.6 is 0 Å². The Labute approximate surface area is 82.5 Å². The van der Waals surface area contributed by atoms with Gasteiger partial charge >= 0.3 is 5.97 Å². The number of rotatable bonds is 3. The van der Waals surface area contributed by atoms with Crippen LogP contribution in [0.2, 0.25) is 0 Å². The Bertz CT molecular complexity index is 300. The molecule has 0 spiro atoms. The largest absolute Gasteiger partial charge is 0.469 e. The Balaban J connectivity index is 2.88. The van der Waals surface area contributed by atoms with E-state index < -0.39 is 17.5 Å². The molecule has 0 saturated carbocycles. The Morgan fingerprint density at radius 2 is 2.29 bits per heavy atom. The number of esters is 1. The number of aliphatic hydroxyl groups excluding tert-OH is 1. The summed E-state index contributed by atoms with van der Waals surface area (Å²) in [6.45, 7) is 3.21. The second-order valence-corrected chi connectivity index (χ2v) is 3.63. The van der Waals surface area contributed by atoms with Crippen LogP contribution in [0.25, 0.3) is 0 Å². The highest BCUT2D eigenvalue weighted by molar-refractivity contribution is 5.76. The number of hydrogen-bond donors (Lipinski definition) is 1. The van der Waals surface area contributed by atoms with Crippen LogP contribution in [0.15, 0.2) is 22.8 Å². The van der Waals surface area contributed by atoms with E-state index in [0.717, 1.165) is 0 Å². The zero-order valence-corrected chi connectivity index (χ0v) is 8.48. The number of ether oxygens (including phenoxy) is 1. The predicted octanol–water partition coefficient (Wildman–Crippen LogP) is 1.51. The fourth-order valence-electron chi connectivity index (χ4n) is 1.18. The highest BCUT2D eigenvalue weighted by atomic mass is 16.5. The lowest BCUT2D eigenvalue weighted by Gasteiger charge is -2.25. The molecule has 0 aliphatic rings. The van der Waals surface area contributed by atoms with Gasteiger partial charge in [0.15, 0.2) is 0 Å². The van der Waals surface area contributed by atoms with Crippen LogP contribution in [0.5, 0.6) is 0 Å². The summed E-state index contributed by atoms with van der Waals surface area (Å²) in [5.74, 6) is -0.109. The Morgan fingerprint density at radius 3 is 2.71 bits per heavy atom. The molecule has 0 amide bonds. The molecule has 4 nitrogen and oxygen atoms in total. The lowest BCUT2D eigenvalue weighted by Crippen LogP contribution is -2.32. The maximum Gasteiger partial charge on any atom is 0.314 e. The quantitative estimate of drug-likeness (QED) is 0.748. The number of furan rings is 1. The van der Waals surface area contributed by atoms with Crippen molar-refractivity contribution in [1.29, 1.82) is 0 Å². The molecule has 0 unspecified atom stereocenters. The number of methoxy groups -OCH3 is 1. The number of aliphatic hydroxyl groups is 1. The number of hydrogen-bond acceptors (Lipinski definition) is 4. The number of carbonyl (C=O) groups is 1. The van der Waals surface area contributed by atoms with E-state index in [9.17, 15) is 9.90 Å². The lowest BCUT2D eigenvalue weighted by atomic mass is 9.85. The van der Waals surface area contributed by atoms with E-state index in [-0.39, 0.29) is 0 Å². The Kier molecular flexibility index (Phi) is 2.96. The Morgan fingerprint density at radius 1 is 1.64 bits per heavy atom. The molecule has 1 rings (SSSR count). The van der Waals surface area contributed by atoms with E-state index in [1.807, 2.05) is 0 Å². The SMILES string of the molecule is COC(=O)C(C)(C)[C@@H](O)c1ccco1. The molecule has 0 aliphatic carbocycles. The van der Waals surface area contributed by atoms with Crippen LogP contribution in [-0.2, 0) is 9.53 Å². The highest BCUT2D eigenvalue weighted by Crippen LogP contribution is 2.34. The first-order valence-electron chi connectivity index (χ1n) is 4.30. The first-order chi connectivity index (χ1) is 6.50. The van der Waals surface area contributed by atoms with Gasteiger partial charge in [0, 0.05) is 0 Å². The molecular weight excluding hydrogens is 184 g/mol. The maximum absolute atomic E-state index is 11.3. The van der Waals surface area contributed by atoms with Gasteiger partial charge in [-0.2, -0.15) is 0 Å². The summed E-state index contributed by atoms with van der Waals surface area (Å²) in [6, 6.07) is 3.28. The normalized spacial score (nSPS) is 13.7. The zero-order chi connectivity index (χ0) is 10.8. The fourth-order valence-corrected chi connectivity index (χ4v) is 1.18. The molecule has 1 heterocycles. The molecule has 1 aromatic heterocycles. The lowest BCUT2D eigenvalue weighted by molar-refractivity contribution is -0.158. The zero-order valence-electron chi connectivity index (χ0n) is 8.48. The van der Waals surface area contributed by atoms with Crippen molar-refractivity contribution in [2.45, 2.75) is 20.0 Å². The topological polar surface area (TPSA) is 59.7 Å². The molecule has 0 aromatic carbocycles. The molecule has 14 heavy (non-hydrogen) atoms. The van der Waals surface area contributed by atoms with Gasteiger partial charge in [-0.05, 0) is 26.0 Å². The summed E-state index contributed by atoms with van der Waals surface area (Å²) in [5, 5.41) is 9.84. The van der Waals surface area contributed by atoms with Crippen molar-refractivity contribution in [2.75, 3.05) is 7.11 Å². The number of carbonyl (C=O) groups excluding carboxylic acids is 1. The van der Waals surface area contributed by atoms with Gasteiger partial charge in [-0.15, -0.1) is 0 Å². The second kappa shape index (κ2) is 3.84. The summed E-state index contributed by atoms with van der Waals surface area (Å²) in [5.41, 5.74) is -1.01. The molecule has 0 saturated heterocycles. The molecule has 0 bridgehead atoms. The molecular formula is C10H14O4. The molecule has 0 radical (unpaired) electrons. The van der Waals surface area contributed by atoms with E-state index in [1.54, 1.807) is 26.0 Å². The van der Waals surface area contributed by atoms with Crippen molar-refractivity contribution in [2.24, 2.45) is 5.41 Å². The van der Waals surface area contributed by atoms with Gasteiger partial charge < -0.3 is 14.3 Å². The van der Waals surface area contributed by atoms with E-state index in [0.29, 0.717) is 5.76 Å². The molecule has 0 aliphatic heterocycles. The van der Waals surface area contributed by atoms with Gasteiger partial charge in [-0.25, -0.2) is 0 Å². The van der Waals surface area contributed by atoms with Crippen LogP contribution in [-0.4, -0.2) is 18.2 Å². The van der Waals surface area contributed by atoms with E-state index in [2.05, 4.69) is 4.74 Å². The summed E-state index contributed by atoms with van der Waals surface area (Å²) >= 11 is 0. The summed E-state index contributed by atoms with van der Waals surface area (Å²) in [4.78, 5) is 11.3. The van der Waals surface area contributed by atoms with Crippen molar-refractivity contribution >= 4 is 5.97 Å². The third kappa shape index (κ3) is 1.80. The average Bonchev–Trinajstić information content (AvgIpc) is 2.67. The molecule has 0 fully saturated rings. The first kappa shape index (κ1) is 10.8. The van der Waals surface area contributed by atoms with Gasteiger partial charge in [0.25, 0.3) is 0 Å². The molecule has 4 heteroatoms. The van der Waals surface area contributed by atoms with Gasteiger partial charge in [0.1, 0.15) is 11.9 Å². The van der Waals surface area contributed by atoms with Gasteiger partial charge in [0.2, 0.25) is 0 Å². The van der Waals surface area contributed by atoms with Gasteiger partial charge in [-0.3, -0.25) is 4.79 Å². The molecule has 1 atom stereocenters. The van der Waals surface area contributed by atoms with E-state index in [4.69, 9.17) is 4.42 Å².